The van der Waals surface area contributed by atoms with Crippen LogP contribution in [0, 0.1) is 0 Å². The number of hydrogen-bond donors (Lipinski definition) is 2. The third-order valence-electron chi connectivity index (χ3n) is 5.63. The van der Waals surface area contributed by atoms with Gasteiger partial charge in [0.2, 0.25) is 0 Å². The van der Waals surface area contributed by atoms with Crippen LogP contribution in [0.25, 0.3) is 12.2 Å². The van der Waals surface area contributed by atoms with Crippen molar-refractivity contribution in [3.05, 3.63) is 45.4 Å². The summed E-state index contributed by atoms with van der Waals surface area (Å²) in [6.07, 6.45) is 7.54. The van der Waals surface area contributed by atoms with Gasteiger partial charge in [0.15, 0.2) is 0 Å². The molecule has 35 heavy (non-hydrogen) atoms. The summed E-state index contributed by atoms with van der Waals surface area (Å²) in [4.78, 5) is 32.6. The van der Waals surface area contributed by atoms with E-state index in [2.05, 4.69) is 48.1 Å². The number of rotatable bonds is 8. The van der Waals surface area contributed by atoms with E-state index in [1.807, 2.05) is 39.8 Å². The molecule has 0 bridgehead atoms. The molecule has 0 aliphatic carbocycles. The lowest BCUT2D eigenvalue weighted by Crippen LogP contribution is -2.50. The molecule has 0 unspecified atom stereocenters. The molecular weight excluding hydrogens is 464 g/mol. The zero-order valence-electron chi connectivity index (χ0n) is 22.3. The number of H-pyrrole nitrogens is 1. The van der Waals surface area contributed by atoms with Gasteiger partial charge >= 0.3 is 6.09 Å². The lowest BCUT2D eigenvalue weighted by atomic mass is 10.1. The van der Waals surface area contributed by atoms with Crippen LogP contribution >= 0.6 is 11.6 Å². The third-order valence-corrected chi connectivity index (χ3v) is 5.74. The van der Waals surface area contributed by atoms with E-state index in [4.69, 9.17) is 16.3 Å². The molecule has 1 aliphatic heterocycles. The zero-order valence-corrected chi connectivity index (χ0v) is 23.0. The van der Waals surface area contributed by atoms with Crippen LogP contribution in [-0.4, -0.2) is 65.1 Å². The van der Waals surface area contributed by atoms with Gasteiger partial charge in [-0.1, -0.05) is 37.1 Å². The highest BCUT2D eigenvalue weighted by Gasteiger charge is 2.26. The standard InChI is InChI=1S/C27H41ClN4O3/c1-8-10-22(31-11-13-32(14-12-31)26(34)35-27(5,6)7)18-29-25(33)24-17-21(16-20(4)28)23(30-24)15-19(3)9-2/h10,15-17,30H,8-9,11-14,18H2,1-7H3,(H,29,33)/b19-15?,20-16+,22-10+. The summed E-state index contributed by atoms with van der Waals surface area (Å²) in [5.41, 5.74) is 4.01. The molecule has 0 aromatic carbocycles. The Balaban J connectivity index is 2.05. The maximum Gasteiger partial charge on any atom is 0.410 e. The van der Waals surface area contributed by atoms with Crippen molar-refractivity contribution in [1.29, 1.82) is 0 Å². The first-order valence-corrected chi connectivity index (χ1v) is 12.7. The Kier molecular flexibility index (Phi) is 10.5. The van der Waals surface area contributed by atoms with Gasteiger partial charge in [0.05, 0.1) is 6.54 Å². The van der Waals surface area contributed by atoms with Crippen molar-refractivity contribution < 1.29 is 14.3 Å². The molecule has 1 aliphatic rings. The number of amides is 2. The highest BCUT2D eigenvalue weighted by Crippen LogP contribution is 2.20. The summed E-state index contributed by atoms with van der Waals surface area (Å²) in [5, 5.41) is 3.70. The molecule has 0 radical (unpaired) electrons. The predicted octanol–water partition coefficient (Wildman–Crippen LogP) is 6.00. The highest BCUT2D eigenvalue weighted by atomic mass is 35.5. The molecule has 0 saturated carbocycles. The fourth-order valence-electron chi connectivity index (χ4n) is 3.73. The lowest BCUT2D eigenvalue weighted by Gasteiger charge is -2.38. The summed E-state index contributed by atoms with van der Waals surface area (Å²) < 4.78 is 5.49. The van der Waals surface area contributed by atoms with Gasteiger partial charge in [0, 0.05) is 48.2 Å². The van der Waals surface area contributed by atoms with E-state index in [1.54, 1.807) is 4.90 Å². The molecule has 2 heterocycles. The Bertz CT molecular complexity index is 973. The minimum Gasteiger partial charge on any atom is -0.444 e. The van der Waals surface area contributed by atoms with Crippen LogP contribution in [0.5, 0.6) is 0 Å². The number of aromatic nitrogens is 1. The van der Waals surface area contributed by atoms with E-state index >= 15 is 0 Å². The number of aromatic amines is 1. The summed E-state index contributed by atoms with van der Waals surface area (Å²) in [6.45, 7) is 16.6. The lowest BCUT2D eigenvalue weighted by molar-refractivity contribution is 0.0167. The van der Waals surface area contributed by atoms with Gasteiger partial charge in [-0.15, -0.1) is 0 Å². The Labute approximate surface area is 215 Å². The normalized spacial score (nSPS) is 15.9. The van der Waals surface area contributed by atoms with Crippen molar-refractivity contribution in [3.8, 4) is 0 Å². The Hall–Kier alpha value is -2.67. The first-order chi connectivity index (χ1) is 16.4. The monoisotopic (exact) mass is 504 g/mol. The maximum absolute atomic E-state index is 13.0. The molecule has 2 amide bonds. The second kappa shape index (κ2) is 12.9. The van der Waals surface area contributed by atoms with Crippen LogP contribution in [0.3, 0.4) is 0 Å². The highest BCUT2D eigenvalue weighted by molar-refractivity contribution is 6.31. The number of nitrogens with zero attached hydrogens (tertiary/aromatic N) is 2. The number of carbonyl (C=O) groups is 2. The van der Waals surface area contributed by atoms with Crippen molar-refractivity contribution in [1.82, 2.24) is 20.1 Å². The number of hydrogen-bond acceptors (Lipinski definition) is 4. The fourth-order valence-corrected chi connectivity index (χ4v) is 3.85. The minimum atomic E-state index is -0.507. The molecule has 8 heteroatoms. The number of halogens is 1. The first-order valence-electron chi connectivity index (χ1n) is 12.4. The predicted molar refractivity (Wildman–Crippen MR) is 144 cm³/mol. The van der Waals surface area contributed by atoms with Crippen LogP contribution in [0.15, 0.2) is 28.4 Å². The minimum absolute atomic E-state index is 0.171. The van der Waals surface area contributed by atoms with Gasteiger partial charge in [0.1, 0.15) is 11.3 Å². The van der Waals surface area contributed by atoms with Crippen molar-refractivity contribution >= 4 is 35.8 Å². The van der Waals surface area contributed by atoms with Crippen molar-refractivity contribution in [2.45, 2.75) is 66.9 Å². The van der Waals surface area contributed by atoms with Crippen LogP contribution in [0.2, 0.25) is 0 Å². The van der Waals surface area contributed by atoms with Crippen LogP contribution < -0.4 is 5.32 Å². The van der Waals surface area contributed by atoms with Gasteiger partial charge in [-0.3, -0.25) is 4.79 Å². The second-order valence-electron chi connectivity index (χ2n) is 9.87. The molecule has 7 nitrogen and oxygen atoms in total. The summed E-state index contributed by atoms with van der Waals surface area (Å²) in [5.74, 6) is -0.171. The first kappa shape index (κ1) is 28.6. The SMILES string of the molecule is CC/C=C(\CNC(=O)c1cc(/C=C(\C)Cl)c(C=C(C)CC)[nH]1)N1CCN(C(=O)OC(C)(C)C)CC1. The van der Waals surface area contributed by atoms with Crippen LogP contribution in [-0.2, 0) is 4.74 Å². The molecule has 1 aromatic rings. The van der Waals surface area contributed by atoms with E-state index in [-0.39, 0.29) is 12.0 Å². The van der Waals surface area contributed by atoms with E-state index in [9.17, 15) is 9.59 Å². The van der Waals surface area contributed by atoms with E-state index < -0.39 is 5.60 Å². The number of ether oxygens (including phenoxy) is 1. The smallest absolute Gasteiger partial charge is 0.410 e. The molecule has 0 atom stereocenters. The van der Waals surface area contributed by atoms with Crippen LogP contribution in [0.1, 0.15) is 83.1 Å². The molecule has 194 valence electrons. The number of carbonyl (C=O) groups excluding carboxylic acids is 2. The Morgan fingerprint density at radius 3 is 2.29 bits per heavy atom. The summed E-state index contributed by atoms with van der Waals surface area (Å²) in [7, 11) is 0. The number of nitrogens with one attached hydrogen (secondary N) is 2. The number of allylic oxidation sites excluding steroid dienone is 3. The van der Waals surface area contributed by atoms with E-state index in [0.717, 1.165) is 29.8 Å². The molecule has 2 N–H and O–H groups in total. The van der Waals surface area contributed by atoms with Gasteiger partial charge in [-0.05, 0) is 65.7 Å². The van der Waals surface area contributed by atoms with E-state index in [0.29, 0.717) is 43.4 Å². The van der Waals surface area contributed by atoms with Crippen molar-refractivity contribution in [2.75, 3.05) is 32.7 Å². The molecule has 1 saturated heterocycles. The summed E-state index contributed by atoms with van der Waals surface area (Å²) in [6, 6.07) is 1.83. The fraction of sp³-hybridized carbons (Fsp3) is 0.556. The average molecular weight is 505 g/mol. The van der Waals surface area contributed by atoms with Gasteiger partial charge < -0.3 is 24.8 Å². The van der Waals surface area contributed by atoms with Gasteiger partial charge in [-0.25, -0.2) is 4.79 Å². The average Bonchev–Trinajstić information content (AvgIpc) is 3.16. The maximum atomic E-state index is 13.0. The Morgan fingerprint density at radius 2 is 1.74 bits per heavy atom. The second-order valence-corrected chi connectivity index (χ2v) is 10.5. The van der Waals surface area contributed by atoms with E-state index in [1.165, 1.54) is 5.57 Å². The number of piperazine rings is 1. The molecule has 2 rings (SSSR count). The topological polar surface area (TPSA) is 77.7 Å². The molecular formula is C27H41ClN4O3. The quantitative estimate of drug-likeness (QED) is 0.455. The largest absolute Gasteiger partial charge is 0.444 e. The van der Waals surface area contributed by atoms with Crippen molar-refractivity contribution in [2.24, 2.45) is 0 Å². The molecule has 1 aromatic heterocycles. The van der Waals surface area contributed by atoms with Gasteiger partial charge in [-0.2, -0.15) is 0 Å². The molecule has 1 fully saturated rings. The zero-order chi connectivity index (χ0) is 26.2. The molecule has 0 spiro atoms. The third kappa shape index (κ3) is 9.13. The summed E-state index contributed by atoms with van der Waals surface area (Å²) >= 11 is 6.11. The van der Waals surface area contributed by atoms with Gasteiger partial charge in [0.25, 0.3) is 5.91 Å². The van der Waals surface area contributed by atoms with Crippen LogP contribution in [0.4, 0.5) is 4.79 Å². The van der Waals surface area contributed by atoms with Crippen molar-refractivity contribution in [3.63, 3.8) is 0 Å². The Morgan fingerprint density at radius 1 is 1.11 bits per heavy atom.